The van der Waals surface area contributed by atoms with E-state index in [9.17, 15) is 0 Å². The van der Waals surface area contributed by atoms with Crippen molar-refractivity contribution in [2.75, 3.05) is 11.9 Å². The number of rotatable bonds is 5. The summed E-state index contributed by atoms with van der Waals surface area (Å²) in [6.45, 7) is 7.82. The summed E-state index contributed by atoms with van der Waals surface area (Å²) in [6.07, 6.45) is 1.22. The van der Waals surface area contributed by atoms with E-state index in [-0.39, 0.29) is 0 Å². The zero-order valence-electron chi connectivity index (χ0n) is 7.15. The molecule has 1 N–H and O–H groups in total. The normalized spacial score (nSPS) is 14.1. The highest BCUT2D eigenvalue weighted by molar-refractivity contribution is 9.09. The molecule has 2 heteroatoms. The smallest absolute Gasteiger partial charge is 0.0188 e. The van der Waals surface area contributed by atoms with Gasteiger partial charge in [0.1, 0.15) is 0 Å². The van der Waals surface area contributed by atoms with E-state index in [1.807, 2.05) is 0 Å². The molecule has 1 atom stereocenters. The minimum absolute atomic E-state index is 0.639. The van der Waals surface area contributed by atoms with Crippen LogP contribution < -0.4 is 5.32 Å². The number of halogens is 1. The summed E-state index contributed by atoms with van der Waals surface area (Å²) in [7, 11) is 0. The maximum Gasteiger partial charge on any atom is 0.0188 e. The Balaban J connectivity index is 3.40. The first-order valence-electron chi connectivity index (χ1n) is 4.01. The Morgan fingerprint density at radius 3 is 2.30 bits per heavy atom. The van der Waals surface area contributed by atoms with Crippen LogP contribution in [0.5, 0.6) is 0 Å². The molecule has 62 valence electrons. The van der Waals surface area contributed by atoms with Crippen molar-refractivity contribution in [3.05, 3.63) is 0 Å². The van der Waals surface area contributed by atoms with E-state index in [0.29, 0.717) is 6.04 Å². The van der Waals surface area contributed by atoms with E-state index >= 15 is 0 Å². The van der Waals surface area contributed by atoms with Gasteiger partial charge in [-0.1, -0.05) is 36.7 Å². The molecular formula is C8H18BrN. The second-order valence-electron chi connectivity index (χ2n) is 2.96. The summed E-state index contributed by atoms with van der Waals surface area (Å²) in [4.78, 5) is 0. The predicted molar refractivity (Wildman–Crippen MR) is 50.7 cm³/mol. The molecule has 0 aliphatic rings. The van der Waals surface area contributed by atoms with Gasteiger partial charge in [-0.2, -0.15) is 0 Å². The van der Waals surface area contributed by atoms with Gasteiger partial charge >= 0.3 is 0 Å². The molecule has 0 aliphatic heterocycles. The largest absolute Gasteiger partial charge is 0.313 e. The van der Waals surface area contributed by atoms with E-state index < -0.39 is 0 Å². The molecule has 0 bridgehead atoms. The van der Waals surface area contributed by atoms with E-state index in [2.05, 4.69) is 42.0 Å². The third kappa shape index (κ3) is 4.29. The quantitative estimate of drug-likeness (QED) is 0.684. The summed E-state index contributed by atoms with van der Waals surface area (Å²) in [6, 6.07) is 0.639. The highest BCUT2D eigenvalue weighted by Crippen LogP contribution is 2.03. The van der Waals surface area contributed by atoms with Crippen molar-refractivity contribution in [3.63, 3.8) is 0 Å². The molecule has 0 rings (SSSR count). The van der Waals surface area contributed by atoms with Crippen LogP contribution in [-0.4, -0.2) is 17.9 Å². The molecule has 0 radical (unpaired) electrons. The van der Waals surface area contributed by atoms with Gasteiger partial charge in [0.2, 0.25) is 0 Å². The van der Waals surface area contributed by atoms with E-state index in [0.717, 1.165) is 17.8 Å². The number of alkyl halides is 1. The Bertz CT molecular complexity index is 73.7. The number of hydrogen-bond acceptors (Lipinski definition) is 1. The van der Waals surface area contributed by atoms with Crippen LogP contribution in [0.4, 0.5) is 0 Å². The zero-order chi connectivity index (χ0) is 7.98. The summed E-state index contributed by atoms with van der Waals surface area (Å²) < 4.78 is 0. The third-order valence-corrected chi connectivity index (χ3v) is 2.33. The summed E-state index contributed by atoms with van der Waals surface area (Å²) in [5, 5.41) is 4.53. The average molecular weight is 208 g/mol. The number of hydrogen-bond donors (Lipinski definition) is 1. The molecule has 1 unspecified atom stereocenters. The van der Waals surface area contributed by atoms with Crippen molar-refractivity contribution >= 4 is 15.9 Å². The molecule has 10 heavy (non-hydrogen) atoms. The molecule has 1 nitrogen and oxygen atoms in total. The lowest BCUT2D eigenvalue weighted by molar-refractivity contribution is 0.436. The van der Waals surface area contributed by atoms with Gasteiger partial charge in [0.05, 0.1) is 0 Å². The summed E-state index contributed by atoms with van der Waals surface area (Å²) in [5.41, 5.74) is 0. The van der Waals surface area contributed by atoms with E-state index in [1.54, 1.807) is 0 Å². The SMILES string of the molecule is CCCNC(CBr)C(C)C. The molecule has 0 aromatic carbocycles. The third-order valence-electron chi connectivity index (χ3n) is 1.63. The summed E-state index contributed by atoms with van der Waals surface area (Å²) in [5.74, 6) is 0.728. The van der Waals surface area contributed by atoms with Crippen LogP contribution in [0.1, 0.15) is 27.2 Å². The molecule has 0 saturated heterocycles. The molecule has 0 spiro atoms. The van der Waals surface area contributed by atoms with Crippen LogP contribution in [0.25, 0.3) is 0 Å². The monoisotopic (exact) mass is 207 g/mol. The molecule has 0 aliphatic carbocycles. The molecule has 0 amide bonds. The van der Waals surface area contributed by atoms with Gasteiger partial charge in [-0.05, 0) is 18.9 Å². The lowest BCUT2D eigenvalue weighted by Crippen LogP contribution is -2.35. The maximum absolute atomic E-state index is 3.48. The Kier molecular flexibility index (Phi) is 6.44. The first-order chi connectivity index (χ1) is 4.72. The lowest BCUT2D eigenvalue weighted by atomic mass is 10.1. The topological polar surface area (TPSA) is 12.0 Å². The second-order valence-corrected chi connectivity index (χ2v) is 3.61. The van der Waals surface area contributed by atoms with Gasteiger partial charge < -0.3 is 5.32 Å². The highest BCUT2D eigenvalue weighted by atomic mass is 79.9. The van der Waals surface area contributed by atoms with E-state index in [1.165, 1.54) is 6.42 Å². The van der Waals surface area contributed by atoms with Gasteiger partial charge in [-0.25, -0.2) is 0 Å². The van der Waals surface area contributed by atoms with Crippen LogP contribution in [-0.2, 0) is 0 Å². The van der Waals surface area contributed by atoms with Gasteiger partial charge in [0, 0.05) is 11.4 Å². The maximum atomic E-state index is 3.48. The Morgan fingerprint density at radius 2 is 2.00 bits per heavy atom. The van der Waals surface area contributed by atoms with Crippen molar-refractivity contribution in [1.82, 2.24) is 5.32 Å². The van der Waals surface area contributed by atoms with Gasteiger partial charge in [0.15, 0.2) is 0 Å². The zero-order valence-corrected chi connectivity index (χ0v) is 8.74. The molecule has 0 heterocycles. The molecule has 0 aromatic rings. The average Bonchev–Trinajstić information content (AvgIpc) is 1.89. The number of nitrogens with one attached hydrogen (secondary N) is 1. The van der Waals surface area contributed by atoms with Gasteiger partial charge in [-0.15, -0.1) is 0 Å². The fourth-order valence-corrected chi connectivity index (χ4v) is 1.77. The fraction of sp³-hybridized carbons (Fsp3) is 1.00. The molecular weight excluding hydrogens is 190 g/mol. The van der Waals surface area contributed by atoms with Crippen molar-refractivity contribution in [1.29, 1.82) is 0 Å². The minimum atomic E-state index is 0.639. The van der Waals surface area contributed by atoms with Gasteiger partial charge in [0.25, 0.3) is 0 Å². The molecule has 0 saturated carbocycles. The minimum Gasteiger partial charge on any atom is -0.313 e. The van der Waals surface area contributed by atoms with Crippen molar-refractivity contribution < 1.29 is 0 Å². The Labute approximate surface area is 72.7 Å². The van der Waals surface area contributed by atoms with Crippen molar-refractivity contribution in [3.8, 4) is 0 Å². The Morgan fingerprint density at radius 1 is 1.40 bits per heavy atom. The standard InChI is InChI=1S/C8H18BrN/c1-4-5-10-8(6-9)7(2)3/h7-8,10H,4-6H2,1-3H3. The second kappa shape index (κ2) is 6.17. The van der Waals surface area contributed by atoms with Crippen LogP contribution in [0.15, 0.2) is 0 Å². The highest BCUT2D eigenvalue weighted by Gasteiger charge is 2.08. The van der Waals surface area contributed by atoms with Crippen LogP contribution >= 0.6 is 15.9 Å². The summed E-state index contributed by atoms with van der Waals surface area (Å²) >= 11 is 3.48. The van der Waals surface area contributed by atoms with E-state index in [4.69, 9.17) is 0 Å². The predicted octanol–water partition coefficient (Wildman–Crippen LogP) is 2.41. The van der Waals surface area contributed by atoms with Crippen molar-refractivity contribution in [2.24, 2.45) is 5.92 Å². The van der Waals surface area contributed by atoms with Crippen LogP contribution in [0.3, 0.4) is 0 Å². The van der Waals surface area contributed by atoms with Gasteiger partial charge in [-0.3, -0.25) is 0 Å². The van der Waals surface area contributed by atoms with Crippen molar-refractivity contribution in [2.45, 2.75) is 33.2 Å². The lowest BCUT2D eigenvalue weighted by Gasteiger charge is -2.19. The first kappa shape index (κ1) is 10.4. The van der Waals surface area contributed by atoms with Crippen LogP contribution in [0.2, 0.25) is 0 Å². The first-order valence-corrected chi connectivity index (χ1v) is 5.13. The fourth-order valence-electron chi connectivity index (χ4n) is 0.798. The molecule has 0 fully saturated rings. The molecule has 0 aromatic heterocycles. The van der Waals surface area contributed by atoms with Crippen LogP contribution in [0, 0.1) is 5.92 Å². The Hall–Kier alpha value is 0.440.